The molecule has 1 aromatic rings. The number of non-ortho nitro benzene ring substituents is 1. The monoisotopic (exact) mass is 296 g/mol. The van der Waals surface area contributed by atoms with Crippen LogP contribution in [0, 0.1) is 15.9 Å². The number of carbonyl (C=O) groups excluding carboxylic acids is 1. The Morgan fingerprint density at radius 2 is 2.05 bits per heavy atom. The van der Waals surface area contributed by atoms with Gasteiger partial charge in [0.2, 0.25) is 0 Å². The molecule has 0 heterocycles. The van der Waals surface area contributed by atoms with Crippen molar-refractivity contribution >= 4 is 11.6 Å². The maximum absolute atomic E-state index is 13.7. The van der Waals surface area contributed by atoms with Crippen molar-refractivity contribution in [2.75, 3.05) is 6.54 Å². The van der Waals surface area contributed by atoms with Crippen LogP contribution in [-0.2, 0) is 0 Å². The van der Waals surface area contributed by atoms with Gasteiger partial charge in [0.1, 0.15) is 5.82 Å². The Balaban J connectivity index is 2.01. The predicted molar refractivity (Wildman–Crippen MR) is 73.4 cm³/mol. The van der Waals surface area contributed by atoms with Gasteiger partial charge in [0.25, 0.3) is 11.6 Å². The zero-order valence-corrected chi connectivity index (χ0v) is 11.5. The molecule has 0 saturated heterocycles. The van der Waals surface area contributed by atoms with Crippen LogP contribution >= 0.6 is 0 Å². The molecule has 1 amide bonds. The standard InChI is InChI=1S/C14H17FN2O4/c15-12-8-10(17(20)21)4-5-11(12)13(18)16-9-14(19)6-2-1-3-7-14/h4-5,8,19H,1-3,6-7,9H2,(H,16,18). The fraction of sp³-hybridized carbons (Fsp3) is 0.500. The number of nitrogens with one attached hydrogen (secondary N) is 1. The first-order valence-corrected chi connectivity index (χ1v) is 6.86. The van der Waals surface area contributed by atoms with E-state index in [1.807, 2.05) is 0 Å². The first-order chi connectivity index (χ1) is 9.91. The summed E-state index contributed by atoms with van der Waals surface area (Å²) in [6.45, 7) is 0.0578. The van der Waals surface area contributed by atoms with E-state index in [0.29, 0.717) is 18.9 Å². The zero-order valence-electron chi connectivity index (χ0n) is 11.5. The lowest BCUT2D eigenvalue weighted by molar-refractivity contribution is -0.385. The van der Waals surface area contributed by atoms with Gasteiger partial charge in [0.15, 0.2) is 0 Å². The maximum atomic E-state index is 13.7. The molecule has 0 unspecified atom stereocenters. The minimum atomic E-state index is -0.947. The Bertz CT molecular complexity index is 556. The molecule has 2 N–H and O–H groups in total. The average molecular weight is 296 g/mol. The normalized spacial score (nSPS) is 17.2. The Kier molecular flexibility index (Phi) is 4.52. The molecule has 21 heavy (non-hydrogen) atoms. The van der Waals surface area contributed by atoms with E-state index in [4.69, 9.17) is 0 Å². The second-order valence-electron chi connectivity index (χ2n) is 5.39. The smallest absolute Gasteiger partial charge is 0.272 e. The van der Waals surface area contributed by atoms with Crippen molar-refractivity contribution in [1.29, 1.82) is 0 Å². The van der Waals surface area contributed by atoms with Gasteiger partial charge in [-0.15, -0.1) is 0 Å². The van der Waals surface area contributed by atoms with Gasteiger partial charge < -0.3 is 10.4 Å². The van der Waals surface area contributed by atoms with Crippen LogP contribution in [0.4, 0.5) is 10.1 Å². The van der Waals surface area contributed by atoms with Gasteiger partial charge in [0, 0.05) is 12.6 Å². The molecule has 1 aliphatic carbocycles. The van der Waals surface area contributed by atoms with E-state index in [2.05, 4.69) is 5.32 Å². The minimum absolute atomic E-state index is 0.0578. The molecule has 114 valence electrons. The molecule has 2 rings (SSSR count). The molecule has 1 fully saturated rings. The second kappa shape index (κ2) is 6.17. The molecule has 0 atom stereocenters. The second-order valence-corrected chi connectivity index (χ2v) is 5.39. The van der Waals surface area contributed by atoms with Gasteiger partial charge in [-0.25, -0.2) is 4.39 Å². The van der Waals surface area contributed by atoms with Crippen molar-refractivity contribution in [3.8, 4) is 0 Å². The number of nitro groups is 1. The molecule has 0 radical (unpaired) electrons. The molecule has 0 bridgehead atoms. The molecular formula is C14H17FN2O4. The maximum Gasteiger partial charge on any atom is 0.272 e. The Morgan fingerprint density at radius 1 is 1.38 bits per heavy atom. The number of nitro benzene ring substituents is 1. The summed E-state index contributed by atoms with van der Waals surface area (Å²) in [5, 5.41) is 23.3. The molecule has 1 aromatic carbocycles. The molecule has 7 heteroatoms. The zero-order chi connectivity index (χ0) is 15.5. The molecule has 0 aromatic heterocycles. The Hall–Kier alpha value is -2.02. The lowest BCUT2D eigenvalue weighted by Crippen LogP contribution is -2.44. The summed E-state index contributed by atoms with van der Waals surface area (Å²) >= 11 is 0. The number of carbonyl (C=O) groups is 1. The molecule has 1 saturated carbocycles. The first-order valence-electron chi connectivity index (χ1n) is 6.86. The first kappa shape index (κ1) is 15.4. The number of hydrogen-bond donors (Lipinski definition) is 2. The highest BCUT2D eigenvalue weighted by Crippen LogP contribution is 2.27. The van der Waals surface area contributed by atoms with E-state index in [-0.39, 0.29) is 12.1 Å². The number of nitrogens with zero attached hydrogens (tertiary/aromatic N) is 1. The van der Waals surface area contributed by atoms with Crippen LogP contribution in [0.15, 0.2) is 18.2 Å². The summed E-state index contributed by atoms with van der Waals surface area (Å²) in [4.78, 5) is 21.7. The SMILES string of the molecule is O=C(NCC1(O)CCCCC1)c1ccc([N+](=O)[O-])cc1F. The average Bonchev–Trinajstić information content (AvgIpc) is 2.45. The lowest BCUT2D eigenvalue weighted by Gasteiger charge is -2.32. The van der Waals surface area contributed by atoms with Crippen LogP contribution in [0.2, 0.25) is 0 Å². The largest absolute Gasteiger partial charge is 0.388 e. The van der Waals surface area contributed by atoms with Gasteiger partial charge in [-0.1, -0.05) is 19.3 Å². The lowest BCUT2D eigenvalue weighted by atomic mass is 9.85. The summed E-state index contributed by atoms with van der Waals surface area (Å²) in [6, 6.07) is 2.87. The highest BCUT2D eigenvalue weighted by molar-refractivity contribution is 5.94. The summed E-state index contributed by atoms with van der Waals surface area (Å²) in [6.07, 6.45) is 4.08. The van der Waals surface area contributed by atoms with Crippen LogP contribution in [0.25, 0.3) is 0 Å². The number of rotatable bonds is 4. The summed E-state index contributed by atoms with van der Waals surface area (Å²) in [5.41, 5.74) is -1.61. The summed E-state index contributed by atoms with van der Waals surface area (Å²) < 4.78 is 13.7. The minimum Gasteiger partial charge on any atom is -0.388 e. The van der Waals surface area contributed by atoms with Crippen LogP contribution < -0.4 is 5.32 Å². The quantitative estimate of drug-likeness (QED) is 0.657. The molecule has 6 nitrogen and oxygen atoms in total. The molecule has 0 aliphatic heterocycles. The van der Waals surface area contributed by atoms with Crippen LogP contribution in [0.5, 0.6) is 0 Å². The van der Waals surface area contributed by atoms with E-state index >= 15 is 0 Å². The molecule has 0 spiro atoms. The van der Waals surface area contributed by atoms with E-state index in [1.165, 1.54) is 0 Å². The predicted octanol–water partition coefficient (Wildman–Crippen LogP) is 2.16. The van der Waals surface area contributed by atoms with Crippen molar-refractivity contribution in [2.45, 2.75) is 37.7 Å². The highest BCUT2D eigenvalue weighted by Gasteiger charge is 2.30. The van der Waals surface area contributed by atoms with E-state index in [0.717, 1.165) is 31.4 Å². The number of amides is 1. The van der Waals surface area contributed by atoms with Crippen molar-refractivity contribution in [1.82, 2.24) is 5.32 Å². The van der Waals surface area contributed by atoms with Crippen molar-refractivity contribution in [3.05, 3.63) is 39.7 Å². The fourth-order valence-electron chi connectivity index (χ4n) is 2.53. The summed E-state index contributed by atoms with van der Waals surface area (Å²) in [5.74, 6) is -1.63. The Morgan fingerprint density at radius 3 is 2.62 bits per heavy atom. The van der Waals surface area contributed by atoms with Gasteiger partial charge in [0.05, 0.1) is 22.2 Å². The van der Waals surface area contributed by atoms with E-state index < -0.39 is 27.9 Å². The van der Waals surface area contributed by atoms with Gasteiger partial charge >= 0.3 is 0 Å². The number of halogens is 1. The third kappa shape index (κ3) is 3.75. The third-order valence-electron chi connectivity index (χ3n) is 3.77. The molecular weight excluding hydrogens is 279 g/mol. The Labute approximate surface area is 121 Å². The fourth-order valence-corrected chi connectivity index (χ4v) is 2.53. The van der Waals surface area contributed by atoms with Gasteiger partial charge in [-0.3, -0.25) is 14.9 Å². The number of aliphatic hydroxyl groups is 1. The van der Waals surface area contributed by atoms with Crippen molar-refractivity contribution in [2.24, 2.45) is 0 Å². The van der Waals surface area contributed by atoms with Crippen LogP contribution in [-0.4, -0.2) is 28.1 Å². The topological polar surface area (TPSA) is 92.5 Å². The summed E-state index contributed by atoms with van der Waals surface area (Å²) in [7, 11) is 0. The van der Waals surface area contributed by atoms with Gasteiger partial charge in [-0.2, -0.15) is 0 Å². The molecule has 1 aliphatic rings. The number of hydrogen-bond acceptors (Lipinski definition) is 4. The van der Waals surface area contributed by atoms with Crippen molar-refractivity contribution < 1.29 is 19.2 Å². The van der Waals surface area contributed by atoms with Crippen LogP contribution in [0.1, 0.15) is 42.5 Å². The van der Waals surface area contributed by atoms with E-state index in [1.54, 1.807) is 0 Å². The van der Waals surface area contributed by atoms with Crippen molar-refractivity contribution in [3.63, 3.8) is 0 Å². The van der Waals surface area contributed by atoms with Gasteiger partial charge in [-0.05, 0) is 18.9 Å². The third-order valence-corrected chi connectivity index (χ3v) is 3.77. The number of benzene rings is 1. The van der Waals surface area contributed by atoms with E-state index in [9.17, 15) is 24.4 Å². The highest BCUT2D eigenvalue weighted by atomic mass is 19.1. The van der Waals surface area contributed by atoms with Crippen LogP contribution in [0.3, 0.4) is 0 Å².